The van der Waals surface area contributed by atoms with Gasteiger partial charge >= 0.3 is 0 Å². The van der Waals surface area contributed by atoms with Crippen molar-refractivity contribution >= 4 is 10.2 Å². The smallest absolute Gasteiger partial charge is 0.277 e. The molecule has 6 heteroatoms. The molecule has 0 saturated heterocycles. The number of rotatable bonds is 5. The summed E-state index contributed by atoms with van der Waals surface area (Å²) < 4.78 is 28.1. The largest absolute Gasteiger partial charge is 0.313 e. The minimum Gasteiger partial charge on any atom is -0.313 e. The van der Waals surface area contributed by atoms with E-state index in [4.69, 9.17) is 0 Å². The zero-order chi connectivity index (χ0) is 10.7. The van der Waals surface area contributed by atoms with Crippen molar-refractivity contribution in [2.24, 2.45) is 0 Å². The van der Waals surface area contributed by atoms with Crippen molar-refractivity contribution in [3.05, 3.63) is 11.6 Å². The topological polar surface area (TPSA) is 70.2 Å². The fraction of sp³-hybridized carbons (Fsp3) is 0.778. The lowest BCUT2D eigenvalue weighted by molar-refractivity contribution is 0.567. The normalized spacial score (nSPS) is 22.5. The van der Waals surface area contributed by atoms with Gasteiger partial charge in [0.1, 0.15) is 0 Å². The van der Waals surface area contributed by atoms with Crippen LogP contribution in [0.4, 0.5) is 0 Å². The predicted molar refractivity (Wildman–Crippen MR) is 58.6 cm³/mol. The fourth-order valence-corrected chi connectivity index (χ4v) is 2.61. The molecule has 5 nitrogen and oxygen atoms in total. The predicted octanol–water partition coefficient (Wildman–Crippen LogP) is -0.507. The van der Waals surface area contributed by atoms with E-state index < -0.39 is 10.2 Å². The summed E-state index contributed by atoms with van der Waals surface area (Å²) in [6, 6.07) is 0.171. The molecule has 2 aliphatic rings. The Morgan fingerprint density at radius 3 is 2.87 bits per heavy atom. The van der Waals surface area contributed by atoms with Gasteiger partial charge in [-0.25, -0.2) is 0 Å². The van der Waals surface area contributed by atoms with E-state index in [0.29, 0.717) is 6.54 Å². The lowest BCUT2D eigenvalue weighted by Crippen LogP contribution is -2.39. The van der Waals surface area contributed by atoms with Crippen LogP contribution in [0, 0.1) is 0 Å². The molecular weight excluding hydrogens is 214 g/mol. The quantitative estimate of drug-likeness (QED) is 0.558. The highest BCUT2D eigenvalue weighted by Crippen LogP contribution is 2.19. The molecule has 3 N–H and O–H groups in total. The van der Waals surface area contributed by atoms with Gasteiger partial charge in [-0.05, 0) is 25.8 Å². The van der Waals surface area contributed by atoms with Crippen molar-refractivity contribution < 1.29 is 8.42 Å². The maximum atomic E-state index is 11.5. The summed E-state index contributed by atoms with van der Waals surface area (Å²) in [5, 5.41) is 3.18. The zero-order valence-corrected chi connectivity index (χ0v) is 9.44. The molecule has 0 bridgehead atoms. The van der Waals surface area contributed by atoms with E-state index in [1.54, 1.807) is 0 Å². The maximum absolute atomic E-state index is 11.5. The van der Waals surface area contributed by atoms with E-state index in [1.807, 2.05) is 6.08 Å². The van der Waals surface area contributed by atoms with Crippen LogP contribution in [-0.4, -0.2) is 34.1 Å². The van der Waals surface area contributed by atoms with Crippen LogP contribution in [0.5, 0.6) is 0 Å². The van der Waals surface area contributed by atoms with E-state index in [-0.39, 0.29) is 6.04 Å². The van der Waals surface area contributed by atoms with Crippen LogP contribution in [0.15, 0.2) is 11.6 Å². The third-order valence-corrected chi connectivity index (χ3v) is 3.71. The Morgan fingerprint density at radius 1 is 1.47 bits per heavy atom. The molecular formula is C9H17N3O2S. The molecule has 1 fully saturated rings. The van der Waals surface area contributed by atoms with Crippen LogP contribution in [0.1, 0.15) is 19.3 Å². The van der Waals surface area contributed by atoms with Crippen LogP contribution in [0.3, 0.4) is 0 Å². The van der Waals surface area contributed by atoms with Crippen molar-refractivity contribution in [1.82, 2.24) is 14.8 Å². The molecule has 0 aromatic rings. The molecule has 0 aromatic heterocycles. The Balaban J connectivity index is 1.78. The number of hydrogen-bond donors (Lipinski definition) is 3. The summed E-state index contributed by atoms with van der Waals surface area (Å²) in [4.78, 5) is 0. The molecule has 0 amide bonds. The van der Waals surface area contributed by atoms with Crippen molar-refractivity contribution in [1.29, 1.82) is 0 Å². The second kappa shape index (κ2) is 4.61. The summed E-state index contributed by atoms with van der Waals surface area (Å²) in [6.07, 6.45) is 4.90. The van der Waals surface area contributed by atoms with E-state index in [0.717, 1.165) is 37.9 Å². The van der Waals surface area contributed by atoms with Gasteiger partial charge in [-0.3, -0.25) is 0 Å². The number of nitrogens with one attached hydrogen (secondary N) is 3. The monoisotopic (exact) mass is 231 g/mol. The molecule has 1 aliphatic carbocycles. The lowest BCUT2D eigenvalue weighted by Gasteiger charge is -2.14. The highest BCUT2D eigenvalue weighted by atomic mass is 32.2. The average molecular weight is 231 g/mol. The molecule has 0 spiro atoms. The first kappa shape index (κ1) is 11.1. The molecule has 1 aliphatic heterocycles. The lowest BCUT2D eigenvalue weighted by atomic mass is 10.1. The van der Waals surface area contributed by atoms with E-state index in [1.165, 1.54) is 0 Å². The second-order valence-corrected chi connectivity index (χ2v) is 5.56. The van der Waals surface area contributed by atoms with Crippen molar-refractivity contribution in [2.75, 3.05) is 19.6 Å². The van der Waals surface area contributed by atoms with Gasteiger partial charge in [0.05, 0.1) is 0 Å². The van der Waals surface area contributed by atoms with Crippen molar-refractivity contribution in [3.8, 4) is 0 Å². The van der Waals surface area contributed by atoms with Crippen LogP contribution >= 0.6 is 0 Å². The second-order valence-electron chi connectivity index (χ2n) is 4.03. The molecule has 1 heterocycles. The Labute approximate surface area is 90.5 Å². The van der Waals surface area contributed by atoms with E-state index in [2.05, 4.69) is 14.8 Å². The molecule has 0 unspecified atom stereocenters. The molecule has 0 radical (unpaired) electrons. The average Bonchev–Trinajstić information content (AvgIpc) is 3.00. The number of hydrogen-bond acceptors (Lipinski definition) is 3. The molecule has 2 rings (SSSR count). The van der Waals surface area contributed by atoms with Crippen LogP contribution in [0.2, 0.25) is 0 Å². The molecule has 15 heavy (non-hydrogen) atoms. The minimum atomic E-state index is -3.28. The van der Waals surface area contributed by atoms with Gasteiger partial charge in [0, 0.05) is 19.1 Å². The Hall–Kier alpha value is -0.430. The molecule has 0 aromatic carbocycles. The first-order valence-electron chi connectivity index (χ1n) is 5.31. The van der Waals surface area contributed by atoms with Crippen LogP contribution in [-0.2, 0) is 10.2 Å². The fourth-order valence-electron chi connectivity index (χ4n) is 1.48. The van der Waals surface area contributed by atoms with E-state index in [9.17, 15) is 8.42 Å². The summed E-state index contributed by atoms with van der Waals surface area (Å²) in [5.74, 6) is 0. The van der Waals surface area contributed by atoms with Gasteiger partial charge in [-0.2, -0.15) is 17.9 Å². The third kappa shape index (κ3) is 3.90. The Bertz CT molecular complexity index is 346. The summed E-state index contributed by atoms with van der Waals surface area (Å²) in [6.45, 7) is 2.21. The van der Waals surface area contributed by atoms with Gasteiger partial charge in [0.15, 0.2) is 0 Å². The van der Waals surface area contributed by atoms with Gasteiger partial charge < -0.3 is 5.32 Å². The highest BCUT2D eigenvalue weighted by molar-refractivity contribution is 7.87. The molecule has 86 valence electrons. The molecule has 1 saturated carbocycles. The molecule has 0 atom stereocenters. The van der Waals surface area contributed by atoms with Crippen molar-refractivity contribution in [2.45, 2.75) is 25.3 Å². The standard InChI is InChI=1S/C9H17N3O2S/c13-15(14,12-9-1-2-9)11-7-8-3-5-10-6-4-8/h3,9-12H,1-2,4-7H2. The maximum Gasteiger partial charge on any atom is 0.277 e. The Kier molecular flexibility index (Phi) is 3.40. The van der Waals surface area contributed by atoms with Crippen molar-refractivity contribution in [3.63, 3.8) is 0 Å². The first-order valence-corrected chi connectivity index (χ1v) is 6.79. The van der Waals surface area contributed by atoms with Crippen LogP contribution in [0.25, 0.3) is 0 Å². The summed E-state index contributed by atoms with van der Waals surface area (Å²) in [5.41, 5.74) is 1.16. The summed E-state index contributed by atoms with van der Waals surface area (Å²) in [7, 11) is -3.28. The SMILES string of the molecule is O=S(=O)(NCC1=CCNCC1)NC1CC1. The van der Waals surface area contributed by atoms with Gasteiger partial charge in [-0.15, -0.1) is 0 Å². The Morgan fingerprint density at radius 2 is 2.27 bits per heavy atom. The van der Waals surface area contributed by atoms with Gasteiger partial charge in [0.25, 0.3) is 10.2 Å². The summed E-state index contributed by atoms with van der Waals surface area (Å²) >= 11 is 0. The van der Waals surface area contributed by atoms with Gasteiger partial charge in [0.2, 0.25) is 0 Å². The highest BCUT2D eigenvalue weighted by Gasteiger charge is 2.26. The van der Waals surface area contributed by atoms with Crippen LogP contribution < -0.4 is 14.8 Å². The van der Waals surface area contributed by atoms with E-state index >= 15 is 0 Å². The first-order chi connectivity index (χ1) is 7.16. The zero-order valence-electron chi connectivity index (χ0n) is 8.62. The minimum absolute atomic E-state index is 0.171. The third-order valence-electron chi connectivity index (χ3n) is 2.55. The van der Waals surface area contributed by atoms with Gasteiger partial charge in [-0.1, -0.05) is 11.6 Å².